The van der Waals surface area contributed by atoms with Crippen LogP contribution in [0.2, 0.25) is 10.0 Å². The van der Waals surface area contributed by atoms with Crippen LogP contribution in [0.5, 0.6) is 0 Å². The third-order valence-corrected chi connectivity index (χ3v) is 4.10. The molecule has 1 aliphatic heterocycles. The Hall–Kier alpha value is -1.30. The highest BCUT2D eigenvalue weighted by atomic mass is 35.5. The number of carbonyl (C=O) groups is 3. The number of Topliss-reactive ketones (excluding diaryl/α,β-unsaturated/α-hetero) is 1. The first-order chi connectivity index (χ1) is 9.40. The minimum atomic E-state index is -0.508. The number of nitrogens with zero attached hydrogens (tertiary/aromatic N) is 1. The fraction of sp³-hybridized carbons (Fsp3) is 0.154. The van der Waals surface area contributed by atoms with Crippen molar-refractivity contribution in [3.05, 3.63) is 38.7 Å². The van der Waals surface area contributed by atoms with E-state index in [0.29, 0.717) is 15.6 Å². The van der Waals surface area contributed by atoms with Gasteiger partial charge in [0.1, 0.15) is 5.78 Å². The highest BCUT2D eigenvalue weighted by molar-refractivity contribution is 8.18. The van der Waals surface area contributed by atoms with Gasteiger partial charge in [0.15, 0.2) is 0 Å². The van der Waals surface area contributed by atoms with Crippen molar-refractivity contribution in [2.24, 2.45) is 0 Å². The van der Waals surface area contributed by atoms with Crippen LogP contribution in [0, 0.1) is 0 Å². The van der Waals surface area contributed by atoms with E-state index in [1.807, 2.05) is 0 Å². The number of halogens is 2. The van der Waals surface area contributed by atoms with Gasteiger partial charge in [-0.2, -0.15) is 0 Å². The lowest BCUT2D eigenvalue weighted by Gasteiger charge is -2.09. The fourth-order valence-corrected chi connectivity index (χ4v) is 2.97. The molecule has 104 valence electrons. The second-order valence-corrected chi connectivity index (χ2v) is 5.91. The molecule has 0 atom stereocenters. The zero-order valence-electron chi connectivity index (χ0n) is 10.4. The smallest absolute Gasteiger partial charge is 0.293 e. The number of amides is 2. The van der Waals surface area contributed by atoms with E-state index in [4.69, 9.17) is 23.2 Å². The first-order valence-electron chi connectivity index (χ1n) is 5.59. The van der Waals surface area contributed by atoms with Crippen molar-refractivity contribution in [1.29, 1.82) is 0 Å². The van der Waals surface area contributed by atoms with E-state index in [2.05, 4.69) is 0 Å². The normalized spacial score (nSPS) is 17.1. The Morgan fingerprint density at radius 1 is 1.30 bits per heavy atom. The molecule has 0 spiro atoms. The number of thioether (sulfide) groups is 1. The fourth-order valence-electron chi connectivity index (χ4n) is 1.64. The summed E-state index contributed by atoms with van der Waals surface area (Å²) in [5.41, 5.74) is 0.476. The minimum Gasteiger partial charge on any atom is -0.298 e. The van der Waals surface area contributed by atoms with Gasteiger partial charge in [-0.1, -0.05) is 29.3 Å². The van der Waals surface area contributed by atoms with Crippen molar-refractivity contribution in [2.75, 3.05) is 6.54 Å². The molecule has 2 amide bonds. The van der Waals surface area contributed by atoms with Crippen molar-refractivity contribution < 1.29 is 14.4 Å². The van der Waals surface area contributed by atoms with Gasteiger partial charge >= 0.3 is 0 Å². The van der Waals surface area contributed by atoms with Gasteiger partial charge in [-0.05, 0) is 36.9 Å². The molecule has 4 nitrogen and oxygen atoms in total. The number of rotatable bonds is 3. The molecule has 0 aromatic heterocycles. The van der Waals surface area contributed by atoms with Crippen LogP contribution in [-0.4, -0.2) is 28.4 Å². The molecule has 7 heteroatoms. The van der Waals surface area contributed by atoms with Gasteiger partial charge in [-0.15, -0.1) is 0 Å². The lowest BCUT2D eigenvalue weighted by molar-refractivity contribution is -0.127. The van der Waals surface area contributed by atoms with E-state index in [-0.39, 0.29) is 17.2 Å². The largest absolute Gasteiger partial charge is 0.298 e. The molecule has 0 unspecified atom stereocenters. The predicted molar refractivity (Wildman–Crippen MR) is 79.8 cm³/mol. The second kappa shape index (κ2) is 5.99. The van der Waals surface area contributed by atoms with Crippen molar-refractivity contribution in [2.45, 2.75) is 6.92 Å². The molecule has 1 aromatic carbocycles. The Kier molecular flexibility index (Phi) is 4.52. The summed E-state index contributed by atoms with van der Waals surface area (Å²) in [6.45, 7) is 1.09. The Morgan fingerprint density at radius 2 is 1.90 bits per heavy atom. The molecule has 0 aliphatic carbocycles. The van der Waals surface area contributed by atoms with E-state index in [9.17, 15) is 14.4 Å². The van der Waals surface area contributed by atoms with Gasteiger partial charge in [0.05, 0.1) is 11.4 Å². The molecule has 2 rings (SSSR count). The van der Waals surface area contributed by atoms with E-state index < -0.39 is 11.1 Å². The molecular formula is C13H9Cl2NO3S. The van der Waals surface area contributed by atoms with Crippen molar-refractivity contribution in [1.82, 2.24) is 4.90 Å². The average molecular weight is 330 g/mol. The van der Waals surface area contributed by atoms with Crippen LogP contribution >= 0.6 is 35.0 Å². The molecule has 1 aliphatic rings. The Labute approximate surface area is 129 Å². The highest BCUT2D eigenvalue weighted by Crippen LogP contribution is 2.35. The predicted octanol–water partition coefficient (Wildman–Crippen LogP) is 3.62. The number of imide groups is 1. The summed E-state index contributed by atoms with van der Waals surface area (Å²) in [6.07, 6.45) is 1.47. The lowest BCUT2D eigenvalue weighted by Crippen LogP contribution is -2.32. The van der Waals surface area contributed by atoms with Gasteiger partial charge < -0.3 is 0 Å². The topological polar surface area (TPSA) is 54.5 Å². The third kappa shape index (κ3) is 3.06. The van der Waals surface area contributed by atoms with E-state index in [1.165, 1.54) is 13.0 Å². The molecule has 1 heterocycles. The van der Waals surface area contributed by atoms with Crippen LogP contribution < -0.4 is 0 Å². The van der Waals surface area contributed by atoms with E-state index in [1.54, 1.807) is 18.2 Å². The number of hydrogen-bond acceptors (Lipinski definition) is 4. The first kappa shape index (κ1) is 15.1. The van der Waals surface area contributed by atoms with Crippen molar-refractivity contribution >= 4 is 58.0 Å². The third-order valence-electron chi connectivity index (χ3n) is 2.53. The molecule has 0 N–H and O–H groups in total. The molecule has 0 radical (unpaired) electrons. The van der Waals surface area contributed by atoms with Crippen LogP contribution in [-0.2, 0) is 9.59 Å². The lowest BCUT2D eigenvalue weighted by atomic mass is 10.2. The van der Waals surface area contributed by atoms with Crippen LogP contribution in [0.4, 0.5) is 4.79 Å². The molecule has 1 aromatic rings. The Balaban J connectivity index is 2.35. The van der Waals surface area contributed by atoms with Gasteiger partial charge in [-0.3, -0.25) is 19.3 Å². The van der Waals surface area contributed by atoms with Gasteiger partial charge in [-0.25, -0.2) is 0 Å². The van der Waals surface area contributed by atoms with Crippen LogP contribution in [0.3, 0.4) is 0 Å². The SMILES string of the molecule is CC(=O)CN1C(=O)S/C(=C/c2c(Cl)cccc2Cl)C1=O. The van der Waals surface area contributed by atoms with Crippen LogP contribution in [0.25, 0.3) is 6.08 Å². The summed E-state index contributed by atoms with van der Waals surface area (Å²) >= 11 is 12.8. The maximum Gasteiger partial charge on any atom is 0.293 e. The summed E-state index contributed by atoms with van der Waals surface area (Å²) < 4.78 is 0. The molecule has 0 bridgehead atoms. The number of ketones is 1. The highest BCUT2D eigenvalue weighted by Gasteiger charge is 2.35. The van der Waals surface area contributed by atoms with Gasteiger partial charge in [0.25, 0.3) is 11.1 Å². The first-order valence-corrected chi connectivity index (χ1v) is 7.16. The summed E-state index contributed by atoms with van der Waals surface area (Å²) in [6, 6.07) is 4.96. The minimum absolute atomic E-state index is 0.200. The van der Waals surface area contributed by atoms with Gasteiger partial charge in [0, 0.05) is 15.6 Å². The summed E-state index contributed by atoms with van der Waals surface area (Å²) in [7, 11) is 0. The zero-order chi connectivity index (χ0) is 14.9. The summed E-state index contributed by atoms with van der Waals surface area (Å²) in [5, 5.41) is 0.298. The Bertz CT molecular complexity index is 622. The number of carbonyl (C=O) groups excluding carboxylic acids is 3. The summed E-state index contributed by atoms with van der Waals surface area (Å²) in [4.78, 5) is 35.9. The zero-order valence-corrected chi connectivity index (χ0v) is 12.7. The van der Waals surface area contributed by atoms with Crippen LogP contribution in [0.1, 0.15) is 12.5 Å². The van der Waals surface area contributed by atoms with Crippen LogP contribution in [0.15, 0.2) is 23.1 Å². The maximum atomic E-state index is 12.1. The molecular weight excluding hydrogens is 321 g/mol. The van der Waals surface area contributed by atoms with Gasteiger partial charge in [0.2, 0.25) is 0 Å². The monoisotopic (exact) mass is 329 g/mol. The molecule has 20 heavy (non-hydrogen) atoms. The van der Waals surface area contributed by atoms with Crippen molar-refractivity contribution in [3.8, 4) is 0 Å². The average Bonchev–Trinajstić information content (AvgIpc) is 2.61. The molecule has 1 saturated heterocycles. The Morgan fingerprint density at radius 3 is 2.45 bits per heavy atom. The molecule has 0 saturated carbocycles. The molecule has 1 fully saturated rings. The standard InChI is InChI=1S/C13H9Cl2NO3S/c1-7(17)6-16-12(18)11(20-13(16)19)5-8-9(14)3-2-4-10(8)15/h2-5H,6H2,1H3/b11-5+. The number of hydrogen-bond donors (Lipinski definition) is 0. The summed E-state index contributed by atoms with van der Waals surface area (Å²) in [5.74, 6) is -0.768. The van der Waals surface area contributed by atoms with E-state index >= 15 is 0 Å². The van der Waals surface area contributed by atoms with E-state index in [0.717, 1.165) is 16.7 Å². The number of benzene rings is 1. The van der Waals surface area contributed by atoms with Crippen molar-refractivity contribution in [3.63, 3.8) is 0 Å². The quantitative estimate of drug-likeness (QED) is 0.795. The maximum absolute atomic E-state index is 12.1. The second-order valence-electron chi connectivity index (χ2n) is 4.11.